The molecule has 1 saturated heterocycles. The lowest BCUT2D eigenvalue weighted by Crippen LogP contribution is -2.32. The van der Waals surface area contributed by atoms with Gasteiger partial charge < -0.3 is 19.6 Å². The van der Waals surface area contributed by atoms with Crippen molar-refractivity contribution >= 4 is 17.4 Å². The van der Waals surface area contributed by atoms with E-state index in [4.69, 9.17) is 4.74 Å². The number of ether oxygens (including phenoxy) is 1. The van der Waals surface area contributed by atoms with Crippen molar-refractivity contribution < 1.29 is 19.4 Å². The van der Waals surface area contributed by atoms with E-state index in [1.165, 1.54) is 5.56 Å². The molecule has 3 rings (SSSR count). The molecule has 0 spiro atoms. The van der Waals surface area contributed by atoms with Crippen molar-refractivity contribution in [2.75, 3.05) is 33.8 Å². The largest absolute Gasteiger partial charge is 0.507 e. The summed E-state index contributed by atoms with van der Waals surface area (Å²) >= 11 is 0. The van der Waals surface area contributed by atoms with Crippen LogP contribution in [0.25, 0.3) is 5.76 Å². The van der Waals surface area contributed by atoms with Crippen LogP contribution in [0, 0.1) is 5.92 Å². The predicted molar refractivity (Wildman–Crippen MR) is 139 cm³/mol. The summed E-state index contributed by atoms with van der Waals surface area (Å²) in [6, 6.07) is 14.3. The molecule has 1 fully saturated rings. The molecule has 0 saturated carbocycles. The Labute approximate surface area is 209 Å². The fourth-order valence-electron chi connectivity index (χ4n) is 4.21. The number of aliphatic hydroxyl groups excluding tert-OH is 1. The minimum Gasteiger partial charge on any atom is -0.507 e. The van der Waals surface area contributed by atoms with E-state index in [0.29, 0.717) is 36.3 Å². The van der Waals surface area contributed by atoms with Gasteiger partial charge in [-0.05, 0) is 74.3 Å². The first-order chi connectivity index (χ1) is 16.6. The van der Waals surface area contributed by atoms with E-state index in [1.807, 2.05) is 43.3 Å². The van der Waals surface area contributed by atoms with Crippen molar-refractivity contribution in [2.24, 2.45) is 5.92 Å². The van der Waals surface area contributed by atoms with Crippen molar-refractivity contribution in [1.82, 2.24) is 9.80 Å². The molecule has 1 unspecified atom stereocenters. The Morgan fingerprint density at radius 3 is 2.17 bits per heavy atom. The molecule has 2 aromatic carbocycles. The molecule has 0 aliphatic carbocycles. The van der Waals surface area contributed by atoms with Crippen LogP contribution >= 0.6 is 0 Å². The molecular formula is C29H38N2O4. The van der Waals surface area contributed by atoms with E-state index in [-0.39, 0.29) is 11.3 Å². The van der Waals surface area contributed by atoms with E-state index in [1.54, 1.807) is 29.2 Å². The summed E-state index contributed by atoms with van der Waals surface area (Å²) in [6.07, 6.45) is 0.725. The Balaban J connectivity index is 2.01. The van der Waals surface area contributed by atoms with Crippen LogP contribution in [0.5, 0.6) is 5.75 Å². The molecular weight excluding hydrogens is 440 g/mol. The maximum Gasteiger partial charge on any atom is 0.295 e. The molecule has 188 valence electrons. The molecule has 0 aromatic heterocycles. The zero-order valence-electron chi connectivity index (χ0n) is 21.7. The lowest BCUT2D eigenvalue weighted by Gasteiger charge is -2.26. The molecule has 1 amide bonds. The van der Waals surface area contributed by atoms with E-state index < -0.39 is 17.7 Å². The number of likely N-dealkylation sites (tertiary alicyclic amines) is 1. The van der Waals surface area contributed by atoms with Crippen LogP contribution < -0.4 is 4.74 Å². The second-order valence-corrected chi connectivity index (χ2v) is 10.2. The smallest absolute Gasteiger partial charge is 0.295 e. The number of rotatable bonds is 10. The van der Waals surface area contributed by atoms with E-state index in [0.717, 1.165) is 18.5 Å². The van der Waals surface area contributed by atoms with Gasteiger partial charge in [-0.15, -0.1) is 0 Å². The number of benzene rings is 2. The SMILES string of the molecule is CC(C)COc1ccc(/C(O)=C2/C(=O)C(=O)N(CCCN(C)C)C2c2ccc(C(C)C)cc2)cc1. The van der Waals surface area contributed by atoms with Crippen molar-refractivity contribution in [3.63, 3.8) is 0 Å². The van der Waals surface area contributed by atoms with Crippen molar-refractivity contribution in [2.45, 2.75) is 46.1 Å². The van der Waals surface area contributed by atoms with Crippen LogP contribution in [0.3, 0.4) is 0 Å². The molecule has 6 heteroatoms. The Bertz CT molecular complexity index is 1050. The number of hydrogen-bond acceptors (Lipinski definition) is 5. The quantitative estimate of drug-likeness (QED) is 0.288. The van der Waals surface area contributed by atoms with Gasteiger partial charge in [-0.1, -0.05) is 52.0 Å². The molecule has 0 radical (unpaired) electrons. The highest BCUT2D eigenvalue weighted by Crippen LogP contribution is 2.40. The summed E-state index contributed by atoms with van der Waals surface area (Å²) in [5.74, 6) is 0.0816. The van der Waals surface area contributed by atoms with Crippen LogP contribution in [0.2, 0.25) is 0 Å². The molecule has 2 aromatic rings. The maximum absolute atomic E-state index is 13.2. The normalized spacial score (nSPS) is 17.7. The molecule has 6 nitrogen and oxygen atoms in total. The minimum absolute atomic E-state index is 0.132. The lowest BCUT2D eigenvalue weighted by molar-refractivity contribution is -0.139. The summed E-state index contributed by atoms with van der Waals surface area (Å²) in [7, 11) is 3.95. The van der Waals surface area contributed by atoms with Gasteiger partial charge in [0.15, 0.2) is 0 Å². The maximum atomic E-state index is 13.2. The molecule has 1 atom stereocenters. The minimum atomic E-state index is -0.648. The van der Waals surface area contributed by atoms with E-state index in [9.17, 15) is 14.7 Å². The number of aliphatic hydroxyl groups is 1. The highest BCUT2D eigenvalue weighted by molar-refractivity contribution is 6.46. The van der Waals surface area contributed by atoms with Gasteiger partial charge >= 0.3 is 0 Å². The van der Waals surface area contributed by atoms with Crippen LogP contribution in [0.15, 0.2) is 54.1 Å². The van der Waals surface area contributed by atoms with Gasteiger partial charge in [-0.3, -0.25) is 9.59 Å². The van der Waals surface area contributed by atoms with Gasteiger partial charge in [0.25, 0.3) is 11.7 Å². The van der Waals surface area contributed by atoms with Gasteiger partial charge in [0.1, 0.15) is 11.5 Å². The lowest BCUT2D eigenvalue weighted by atomic mass is 9.93. The van der Waals surface area contributed by atoms with Crippen LogP contribution in [-0.4, -0.2) is 60.4 Å². The number of amides is 1. The Hall–Kier alpha value is -3.12. The third-order valence-electron chi connectivity index (χ3n) is 6.17. The van der Waals surface area contributed by atoms with Crippen molar-refractivity contribution in [1.29, 1.82) is 0 Å². The molecule has 1 aliphatic heterocycles. The molecule has 1 heterocycles. The number of Topliss-reactive ketones (excluding diaryl/α,β-unsaturated/α-hetero) is 1. The summed E-state index contributed by atoms with van der Waals surface area (Å²) in [4.78, 5) is 29.9. The average Bonchev–Trinajstić information content (AvgIpc) is 3.07. The number of ketones is 1. The second kappa shape index (κ2) is 11.5. The first kappa shape index (κ1) is 26.5. The topological polar surface area (TPSA) is 70.1 Å². The number of carbonyl (C=O) groups excluding carboxylic acids is 2. The summed E-state index contributed by atoms with van der Waals surface area (Å²) in [6.45, 7) is 10.2. The first-order valence-corrected chi connectivity index (χ1v) is 12.4. The molecule has 0 bridgehead atoms. The number of carbonyl (C=O) groups is 2. The van der Waals surface area contributed by atoms with Gasteiger partial charge in [-0.2, -0.15) is 0 Å². The molecule has 1 N–H and O–H groups in total. The van der Waals surface area contributed by atoms with Crippen molar-refractivity contribution in [3.05, 3.63) is 70.8 Å². The highest BCUT2D eigenvalue weighted by atomic mass is 16.5. The fraction of sp³-hybridized carbons (Fsp3) is 0.448. The summed E-state index contributed by atoms with van der Waals surface area (Å²) in [5.41, 5.74) is 2.61. The van der Waals surface area contributed by atoms with Gasteiger partial charge in [-0.25, -0.2) is 0 Å². The van der Waals surface area contributed by atoms with Gasteiger partial charge in [0, 0.05) is 12.1 Å². The Morgan fingerprint density at radius 1 is 1.00 bits per heavy atom. The van der Waals surface area contributed by atoms with Crippen LogP contribution in [0.4, 0.5) is 0 Å². The molecule has 1 aliphatic rings. The predicted octanol–water partition coefficient (Wildman–Crippen LogP) is 5.22. The third-order valence-corrected chi connectivity index (χ3v) is 6.17. The Kier molecular flexibility index (Phi) is 8.73. The zero-order valence-corrected chi connectivity index (χ0v) is 21.7. The Morgan fingerprint density at radius 2 is 1.63 bits per heavy atom. The highest BCUT2D eigenvalue weighted by Gasteiger charge is 2.45. The van der Waals surface area contributed by atoms with E-state index >= 15 is 0 Å². The van der Waals surface area contributed by atoms with Gasteiger partial charge in [0.05, 0.1) is 18.2 Å². The number of hydrogen-bond donors (Lipinski definition) is 1. The van der Waals surface area contributed by atoms with Crippen molar-refractivity contribution in [3.8, 4) is 5.75 Å². The third kappa shape index (κ3) is 6.31. The second-order valence-electron chi connectivity index (χ2n) is 10.2. The first-order valence-electron chi connectivity index (χ1n) is 12.4. The van der Waals surface area contributed by atoms with Gasteiger partial charge in [0.2, 0.25) is 0 Å². The van der Waals surface area contributed by atoms with Crippen LogP contribution in [-0.2, 0) is 9.59 Å². The fourth-order valence-corrected chi connectivity index (χ4v) is 4.21. The van der Waals surface area contributed by atoms with Crippen LogP contribution in [0.1, 0.15) is 62.8 Å². The zero-order chi connectivity index (χ0) is 25.7. The number of nitrogens with zero attached hydrogens (tertiary/aromatic N) is 2. The summed E-state index contributed by atoms with van der Waals surface area (Å²) in [5, 5.41) is 11.3. The monoisotopic (exact) mass is 478 g/mol. The standard InChI is InChI=1S/C29H38N2O4/c1-19(2)18-35-24-14-12-23(13-15-24)27(32)25-26(22-10-8-21(9-11-22)20(3)4)31(29(34)28(25)33)17-7-16-30(5)6/h8-15,19-20,26,32H,7,16-18H2,1-6H3/b27-25-. The molecule has 35 heavy (non-hydrogen) atoms. The summed E-state index contributed by atoms with van der Waals surface area (Å²) < 4.78 is 5.74. The van der Waals surface area contributed by atoms with E-state index in [2.05, 4.69) is 27.7 Å². The average molecular weight is 479 g/mol.